The van der Waals surface area contributed by atoms with E-state index in [-0.39, 0.29) is 30.0 Å². The van der Waals surface area contributed by atoms with Crippen molar-refractivity contribution >= 4 is 21.6 Å². The average Bonchev–Trinajstić information content (AvgIpc) is 2.93. The Bertz CT molecular complexity index is 1420. The van der Waals surface area contributed by atoms with Gasteiger partial charge in [0.1, 0.15) is 18.1 Å². The van der Waals surface area contributed by atoms with Crippen molar-refractivity contribution in [3.05, 3.63) is 72.3 Å². The van der Waals surface area contributed by atoms with E-state index in [1.54, 1.807) is 37.4 Å². The van der Waals surface area contributed by atoms with E-state index < -0.39 is 22.0 Å². The molecule has 39 heavy (non-hydrogen) atoms. The molecule has 10 heteroatoms. The van der Waals surface area contributed by atoms with E-state index in [1.807, 2.05) is 45.0 Å². The molecule has 1 amide bonds. The molecule has 9 nitrogen and oxygen atoms in total. The first-order valence-electron chi connectivity index (χ1n) is 12.6. The number of hydrogen-bond donors (Lipinski definition) is 1. The van der Waals surface area contributed by atoms with Crippen molar-refractivity contribution in [2.24, 2.45) is 0 Å². The molecule has 0 bridgehead atoms. The molecule has 0 aliphatic carbocycles. The van der Waals surface area contributed by atoms with Crippen molar-refractivity contribution in [2.45, 2.75) is 37.2 Å². The van der Waals surface area contributed by atoms with E-state index in [0.717, 1.165) is 5.56 Å². The van der Waals surface area contributed by atoms with Gasteiger partial charge in [0.05, 0.1) is 37.9 Å². The Morgan fingerprint density at radius 3 is 2.33 bits per heavy atom. The molecule has 0 radical (unpaired) electrons. The van der Waals surface area contributed by atoms with Gasteiger partial charge in [-0.25, -0.2) is 8.42 Å². The first-order chi connectivity index (χ1) is 18.5. The Balaban J connectivity index is 1.55. The monoisotopic (exact) mass is 554 g/mol. The molecule has 208 valence electrons. The van der Waals surface area contributed by atoms with Gasteiger partial charge in [-0.1, -0.05) is 39.0 Å². The summed E-state index contributed by atoms with van der Waals surface area (Å²) in [6.45, 7) is 6.34. The summed E-state index contributed by atoms with van der Waals surface area (Å²) in [5.41, 5.74) is 1.11. The first kappa shape index (κ1) is 28.1. The number of anilines is 1. The molecule has 0 saturated carbocycles. The van der Waals surface area contributed by atoms with Crippen molar-refractivity contribution in [1.29, 1.82) is 0 Å². The number of amides is 1. The van der Waals surface area contributed by atoms with E-state index in [2.05, 4.69) is 5.32 Å². The topological polar surface area (TPSA) is 103 Å². The summed E-state index contributed by atoms with van der Waals surface area (Å²) in [5.74, 6) is 1.56. The second kappa shape index (κ2) is 11.4. The van der Waals surface area contributed by atoms with E-state index in [1.165, 1.54) is 23.5 Å². The summed E-state index contributed by atoms with van der Waals surface area (Å²) >= 11 is 0. The highest BCUT2D eigenvalue weighted by Crippen LogP contribution is 2.40. The minimum Gasteiger partial charge on any atom is -0.497 e. The molecule has 0 unspecified atom stereocenters. The number of fused-ring (bicyclic) bond motifs is 1. The Morgan fingerprint density at radius 1 is 1.00 bits per heavy atom. The van der Waals surface area contributed by atoms with Crippen LogP contribution in [0, 0.1) is 0 Å². The lowest BCUT2D eigenvalue weighted by atomic mass is 9.86. The van der Waals surface area contributed by atoms with Crippen LogP contribution in [0.1, 0.15) is 26.3 Å². The van der Waals surface area contributed by atoms with Gasteiger partial charge in [-0.3, -0.25) is 9.10 Å². The fourth-order valence-corrected chi connectivity index (χ4v) is 5.61. The summed E-state index contributed by atoms with van der Waals surface area (Å²) in [5, 5.41) is 2.79. The number of ether oxygens (including phenoxy) is 4. The van der Waals surface area contributed by atoms with Crippen LogP contribution in [0.2, 0.25) is 0 Å². The number of sulfonamides is 1. The smallest absolute Gasteiger partial charge is 0.264 e. The summed E-state index contributed by atoms with van der Waals surface area (Å²) in [4.78, 5) is 13.2. The summed E-state index contributed by atoms with van der Waals surface area (Å²) < 4.78 is 51.1. The maximum absolute atomic E-state index is 13.8. The standard InChI is InChI=1S/C29H34N2O7S/c1-29(2,3)20-10-15-24-23(18-20)31(39(33,34)22-13-11-21(35-4)12-14-22)19-27(38-24)28(32)30-16-17-37-26-9-7-6-8-25(26)36-5/h6-15,18,27H,16-17,19H2,1-5H3,(H,30,32)/t27-/m0/s1. The van der Waals surface area contributed by atoms with Crippen molar-refractivity contribution in [3.8, 4) is 23.0 Å². The lowest BCUT2D eigenvalue weighted by Crippen LogP contribution is -2.51. The number of rotatable bonds is 9. The predicted octanol–water partition coefficient (Wildman–Crippen LogP) is 4.15. The number of nitrogens with zero attached hydrogens (tertiary/aromatic N) is 1. The van der Waals surface area contributed by atoms with Gasteiger partial charge < -0.3 is 24.3 Å². The van der Waals surface area contributed by atoms with Gasteiger partial charge in [0.25, 0.3) is 15.9 Å². The number of carbonyl (C=O) groups excluding carboxylic acids is 1. The van der Waals surface area contributed by atoms with Gasteiger partial charge in [-0.15, -0.1) is 0 Å². The number of benzene rings is 3. The van der Waals surface area contributed by atoms with Crippen LogP contribution in [0.15, 0.2) is 71.6 Å². The molecule has 1 aliphatic heterocycles. The molecule has 1 aliphatic rings. The highest BCUT2D eigenvalue weighted by Gasteiger charge is 2.38. The molecule has 4 rings (SSSR count). The van der Waals surface area contributed by atoms with Crippen molar-refractivity contribution < 1.29 is 32.2 Å². The zero-order valence-corrected chi connectivity index (χ0v) is 23.6. The van der Waals surface area contributed by atoms with Crippen molar-refractivity contribution in [3.63, 3.8) is 0 Å². The zero-order chi connectivity index (χ0) is 28.2. The Hall–Kier alpha value is -3.92. The van der Waals surface area contributed by atoms with Crippen molar-refractivity contribution in [1.82, 2.24) is 5.32 Å². The van der Waals surface area contributed by atoms with Crippen molar-refractivity contribution in [2.75, 3.05) is 38.2 Å². The van der Waals surface area contributed by atoms with Crippen LogP contribution in [0.3, 0.4) is 0 Å². The molecule has 0 aromatic heterocycles. The average molecular weight is 555 g/mol. The Kier molecular flexibility index (Phi) is 8.25. The molecule has 0 fully saturated rings. The predicted molar refractivity (Wildman–Crippen MR) is 149 cm³/mol. The molecule has 1 N–H and O–H groups in total. The third-order valence-electron chi connectivity index (χ3n) is 6.36. The normalized spacial score (nSPS) is 15.1. The second-order valence-electron chi connectivity index (χ2n) is 10.0. The number of methoxy groups -OCH3 is 2. The minimum absolute atomic E-state index is 0.0849. The Morgan fingerprint density at radius 2 is 1.69 bits per heavy atom. The van der Waals surface area contributed by atoms with E-state index in [4.69, 9.17) is 18.9 Å². The lowest BCUT2D eigenvalue weighted by molar-refractivity contribution is -0.127. The zero-order valence-electron chi connectivity index (χ0n) is 22.8. The molecule has 1 atom stereocenters. The highest BCUT2D eigenvalue weighted by molar-refractivity contribution is 7.92. The van der Waals surface area contributed by atoms with Gasteiger partial charge in [0.2, 0.25) is 0 Å². The molecule has 0 saturated heterocycles. The molecular weight excluding hydrogens is 520 g/mol. The third-order valence-corrected chi connectivity index (χ3v) is 8.16. The Labute approximate surface area is 229 Å². The van der Waals surface area contributed by atoms with E-state index in [9.17, 15) is 13.2 Å². The molecule has 3 aromatic rings. The van der Waals surface area contributed by atoms with Gasteiger partial charge in [-0.05, 0) is 59.5 Å². The van der Waals surface area contributed by atoms with Gasteiger partial charge >= 0.3 is 0 Å². The molecule has 0 spiro atoms. The quantitative estimate of drug-likeness (QED) is 0.396. The van der Waals surface area contributed by atoms with Crippen LogP contribution in [-0.2, 0) is 20.2 Å². The van der Waals surface area contributed by atoms with Gasteiger partial charge in [-0.2, -0.15) is 0 Å². The summed E-state index contributed by atoms with van der Waals surface area (Å²) in [6.07, 6.45) is -1.06. The van der Waals surface area contributed by atoms with Crippen LogP contribution in [-0.4, -0.2) is 54.3 Å². The second-order valence-corrected chi connectivity index (χ2v) is 11.9. The SMILES string of the molecule is COc1ccc(S(=O)(=O)N2C[C@@H](C(=O)NCCOc3ccccc3OC)Oc3ccc(C(C)(C)C)cc32)cc1. The van der Waals surface area contributed by atoms with Crippen LogP contribution >= 0.6 is 0 Å². The van der Waals surface area contributed by atoms with Crippen LogP contribution in [0.25, 0.3) is 0 Å². The van der Waals surface area contributed by atoms with Crippen LogP contribution in [0.5, 0.6) is 23.0 Å². The van der Waals surface area contributed by atoms with Gasteiger partial charge in [0, 0.05) is 0 Å². The number of para-hydroxylation sites is 2. The number of carbonyl (C=O) groups is 1. The van der Waals surface area contributed by atoms with Crippen LogP contribution in [0.4, 0.5) is 5.69 Å². The van der Waals surface area contributed by atoms with E-state index in [0.29, 0.717) is 28.7 Å². The fraction of sp³-hybridized carbons (Fsp3) is 0.345. The number of nitrogens with one attached hydrogen (secondary N) is 1. The minimum atomic E-state index is -4.02. The molecular formula is C29H34N2O7S. The first-order valence-corrected chi connectivity index (χ1v) is 14.0. The highest BCUT2D eigenvalue weighted by atomic mass is 32.2. The maximum atomic E-state index is 13.8. The third kappa shape index (κ3) is 6.22. The van der Waals surface area contributed by atoms with E-state index >= 15 is 0 Å². The molecule has 3 aromatic carbocycles. The van der Waals surface area contributed by atoms with Gasteiger partial charge in [0.15, 0.2) is 17.6 Å². The molecule has 1 heterocycles. The maximum Gasteiger partial charge on any atom is 0.264 e. The summed E-state index contributed by atoms with van der Waals surface area (Å²) in [7, 11) is -0.951. The van der Waals surface area contributed by atoms with Crippen LogP contribution < -0.4 is 28.6 Å². The summed E-state index contributed by atoms with van der Waals surface area (Å²) in [6, 6.07) is 18.8. The number of hydrogen-bond acceptors (Lipinski definition) is 7. The lowest BCUT2D eigenvalue weighted by Gasteiger charge is -2.36. The fourth-order valence-electron chi connectivity index (χ4n) is 4.14. The largest absolute Gasteiger partial charge is 0.497 e.